The number of likely N-dealkylation sites (N-methyl/N-ethyl adjacent to an activating group) is 2. The van der Waals surface area contributed by atoms with Crippen LogP contribution in [0.25, 0.3) is 0 Å². The fraction of sp³-hybridized carbons (Fsp3) is 0.294. The zero-order valence-corrected chi connectivity index (χ0v) is 12.6. The van der Waals surface area contributed by atoms with Crippen LogP contribution in [-0.4, -0.2) is 41.3 Å². The molecule has 0 fully saturated rings. The molecule has 0 aliphatic rings. The van der Waals surface area contributed by atoms with Gasteiger partial charge in [0.2, 0.25) is 5.91 Å². The molecular formula is C17H21N3O. The third-order valence-corrected chi connectivity index (χ3v) is 3.25. The first kappa shape index (κ1) is 15.2. The van der Waals surface area contributed by atoms with Crippen LogP contribution < -0.4 is 0 Å². The van der Waals surface area contributed by atoms with Crippen LogP contribution in [0.3, 0.4) is 0 Å². The van der Waals surface area contributed by atoms with Gasteiger partial charge in [0.15, 0.2) is 0 Å². The van der Waals surface area contributed by atoms with Gasteiger partial charge in [0.1, 0.15) is 0 Å². The monoisotopic (exact) mass is 283 g/mol. The summed E-state index contributed by atoms with van der Waals surface area (Å²) in [5, 5.41) is 0. The van der Waals surface area contributed by atoms with E-state index in [4.69, 9.17) is 0 Å². The van der Waals surface area contributed by atoms with Crippen molar-refractivity contribution in [1.29, 1.82) is 0 Å². The second kappa shape index (κ2) is 7.55. The zero-order chi connectivity index (χ0) is 15.1. The predicted molar refractivity (Wildman–Crippen MR) is 83.5 cm³/mol. The number of pyridine rings is 1. The maximum absolute atomic E-state index is 12.2. The maximum atomic E-state index is 12.2. The largest absolute Gasteiger partial charge is 0.339 e. The first-order chi connectivity index (χ1) is 10.1. The summed E-state index contributed by atoms with van der Waals surface area (Å²) in [6, 6.07) is 15.9. The van der Waals surface area contributed by atoms with Crippen molar-refractivity contribution in [1.82, 2.24) is 14.8 Å². The Morgan fingerprint density at radius 2 is 1.71 bits per heavy atom. The molecule has 1 amide bonds. The van der Waals surface area contributed by atoms with Crippen molar-refractivity contribution in [2.75, 3.05) is 20.6 Å². The highest BCUT2D eigenvalue weighted by atomic mass is 16.2. The molecule has 0 unspecified atom stereocenters. The summed E-state index contributed by atoms with van der Waals surface area (Å²) >= 11 is 0. The summed E-state index contributed by atoms with van der Waals surface area (Å²) in [5.41, 5.74) is 2.11. The SMILES string of the molecule is CN(CC(=O)N(C)Cc1ccccn1)Cc1ccccc1. The van der Waals surface area contributed by atoms with Crippen molar-refractivity contribution in [2.45, 2.75) is 13.1 Å². The van der Waals surface area contributed by atoms with Crippen LogP contribution in [0.2, 0.25) is 0 Å². The average molecular weight is 283 g/mol. The Balaban J connectivity index is 1.83. The molecule has 110 valence electrons. The predicted octanol–water partition coefficient (Wildman–Crippen LogP) is 2.17. The molecule has 0 spiro atoms. The number of aromatic nitrogens is 1. The molecule has 0 N–H and O–H groups in total. The fourth-order valence-electron chi connectivity index (χ4n) is 2.13. The van der Waals surface area contributed by atoms with Gasteiger partial charge in [-0.15, -0.1) is 0 Å². The van der Waals surface area contributed by atoms with Gasteiger partial charge in [0, 0.05) is 19.8 Å². The van der Waals surface area contributed by atoms with Crippen molar-refractivity contribution in [3.63, 3.8) is 0 Å². The first-order valence-electron chi connectivity index (χ1n) is 7.01. The van der Waals surface area contributed by atoms with E-state index in [1.807, 2.05) is 55.4 Å². The van der Waals surface area contributed by atoms with E-state index in [1.54, 1.807) is 11.1 Å². The van der Waals surface area contributed by atoms with E-state index in [0.717, 1.165) is 12.2 Å². The number of hydrogen-bond acceptors (Lipinski definition) is 3. The normalized spacial score (nSPS) is 10.6. The van der Waals surface area contributed by atoms with Gasteiger partial charge >= 0.3 is 0 Å². The second-order valence-electron chi connectivity index (χ2n) is 5.23. The Bertz CT molecular complexity index is 557. The number of amides is 1. The number of nitrogens with zero attached hydrogens (tertiary/aromatic N) is 3. The Morgan fingerprint density at radius 3 is 2.38 bits per heavy atom. The molecule has 21 heavy (non-hydrogen) atoms. The van der Waals surface area contributed by atoms with Gasteiger partial charge in [-0.2, -0.15) is 0 Å². The minimum Gasteiger partial charge on any atom is -0.339 e. The highest BCUT2D eigenvalue weighted by molar-refractivity contribution is 5.77. The summed E-state index contributed by atoms with van der Waals surface area (Å²) in [4.78, 5) is 20.2. The van der Waals surface area contributed by atoms with Gasteiger partial charge in [-0.3, -0.25) is 14.7 Å². The van der Waals surface area contributed by atoms with Crippen molar-refractivity contribution in [2.24, 2.45) is 0 Å². The molecule has 0 atom stereocenters. The van der Waals surface area contributed by atoms with Crippen LogP contribution in [0.15, 0.2) is 54.7 Å². The molecule has 0 radical (unpaired) electrons. The molecule has 0 aliphatic carbocycles. The van der Waals surface area contributed by atoms with E-state index < -0.39 is 0 Å². The molecule has 2 rings (SSSR count). The van der Waals surface area contributed by atoms with Crippen LogP contribution >= 0.6 is 0 Å². The van der Waals surface area contributed by atoms with Gasteiger partial charge in [0.05, 0.1) is 18.8 Å². The van der Waals surface area contributed by atoms with Crippen LogP contribution in [0.1, 0.15) is 11.3 Å². The molecule has 2 aromatic rings. The summed E-state index contributed by atoms with van der Waals surface area (Å²) in [5.74, 6) is 0.0964. The van der Waals surface area contributed by atoms with E-state index >= 15 is 0 Å². The van der Waals surface area contributed by atoms with Crippen LogP contribution in [0.4, 0.5) is 0 Å². The molecule has 4 nitrogen and oxygen atoms in total. The van der Waals surface area contributed by atoms with Gasteiger partial charge in [-0.05, 0) is 24.7 Å². The summed E-state index contributed by atoms with van der Waals surface area (Å²) < 4.78 is 0. The van der Waals surface area contributed by atoms with E-state index in [2.05, 4.69) is 17.1 Å². The number of carbonyl (C=O) groups excluding carboxylic acids is 1. The Hall–Kier alpha value is -2.20. The summed E-state index contributed by atoms with van der Waals surface area (Å²) in [7, 11) is 3.77. The molecule has 4 heteroatoms. The number of benzene rings is 1. The lowest BCUT2D eigenvalue weighted by atomic mass is 10.2. The van der Waals surface area contributed by atoms with Crippen LogP contribution in [0, 0.1) is 0 Å². The minimum absolute atomic E-state index is 0.0964. The third kappa shape index (κ3) is 5.00. The van der Waals surface area contributed by atoms with Gasteiger partial charge in [-0.25, -0.2) is 0 Å². The molecule has 1 aromatic heterocycles. The Labute approximate surface area is 126 Å². The standard InChI is InChI=1S/C17H21N3O/c1-19(12-15-8-4-3-5-9-15)14-17(21)20(2)13-16-10-6-7-11-18-16/h3-11H,12-14H2,1-2H3. The van der Waals surface area contributed by atoms with Gasteiger partial charge in [-0.1, -0.05) is 36.4 Å². The Kier molecular flexibility index (Phi) is 5.46. The van der Waals surface area contributed by atoms with Crippen molar-refractivity contribution in [3.05, 3.63) is 66.0 Å². The van der Waals surface area contributed by atoms with Gasteiger partial charge < -0.3 is 4.90 Å². The van der Waals surface area contributed by atoms with E-state index in [-0.39, 0.29) is 5.91 Å². The van der Waals surface area contributed by atoms with Crippen molar-refractivity contribution in [3.8, 4) is 0 Å². The molecular weight excluding hydrogens is 262 g/mol. The van der Waals surface area contributed by atoms with E-state index in [1.165, 1.54) is 5.56 Å². The molecule has 1 aromatic carbocycles. The van der Waals surface area contributed by atoms with Crippen molar-refractivity contribution < 1.29 is 4.79 Å². The summed E-state index contributed by atoms with van der Waals surface area (Å²) in [6.07, 6.45) is 1.75. The molecule has 1 heterocycles. The number of hydrogen-bond donors (Lipinski definition) is 0. The minimum atomic E-state index is 0.0964. The number of carbonyl (C=O) groups is 1. The second-order valence-corrected chi connectivity index (χ2v) is 5.23. The molecule has 0 bridgehead atoms. The first-order valence-corrected chi connectivity index (χ1v) is 7.01. The maximum Gasteiger partial charge on any atom is 0.236 e. The van der Waals surface area contributed by atoms with E-state index in [9.17, 15) is 4.79 Å². The Morgan fingerprint density at radius 1 is 1.00 bits per heavy atom. The molecule has 0 aliphatic heterocycles. The fourth-order valence-corrected chi connectivity index (χ4v) is 2.13. The van der Waals surface area contributed by atoms with E-state index in [0.29, 0.717) is 13.1 Å². The van der Waals surface area contributed by atoms with Gasteiger partial charge in [0.25, 0.3) is 0 Å². The van der Waals surface area contributed by atoms with Crippen molar-refractivity contribution >= 4 is 5.91 Å². The zero-order valence-electron chi connectivity index (χ0n) is 12.6. The smallest absolute Gasteiger partial charge is 0.236 e. The topological polar surface area (TPSA) is 36.4 Å². The number of rotatable bonds is 6. The highest BCUT2D eigenvalue weighted by Gasteiger charge is 2.12. The quantitative estimate of drug-likeness (QED) is 0.815. The molecule has 0 saturated heterocycles. The third-order valence-electron chi connectivity index (χ3n) is 3.25. The highest BCUT2D eigenvalue weighted by Crippen LogP contribution is 2.04. The van der Waals surface area contributed by atoms with Crippen LogP contribution in [-0.2, 0) is 17.9 Å². The lowest BCUT2D eigenvalue weighted by Gasteiger charge is -2.21. The lowest BCUT2D eigenvalue weighted by molar-refractivity contribution is -0.131. The molecule has 0 saturated carbocycles. The summed E-state index contributed by atoms with van der Waals surface area (Å²) in [6.45, 7) is 1.71. The average Bonchev–Trinajstić information content (AvgIpc) is 2.49. The van der Waals surface area contributed by atoms with Crippen LogP contribution in [0.5, 0.6) is 0 Å². The lowest BCUT2D eigenvalue weighted by Crippen LogP contribution is -2.36.